The molecule has 1 aliphatic carbocycles. The lowest BCUT2D eigenvalue weighted by Gasteiger charge is -2.50. The number of aliphatic hydroxyl groups excluding tert-OH is 9. The minimum absolute atomic E-state index is 0.00492. The molecule has 0 aromatic rings. The molecular weight excluding hydrogens is 1510 g/mol. The second-order valence-corrected chi connectivity index (χ2v) is 35.2. The van der Waals surface area contributed by atoms with E-state index in [4.69, 9.17) is 46.9 Å². The van der Waals surface area contributed by atoms with Gasteiger partial charge >= 0.3 is 31.7 Å². The Kier molecular flexibility index (Phi) is 63.5. The van der Waals surface area contributed by atoms with Crippen LogP contribution >= 0.6 is 7.82 Å². The highest BCUT2D eigenvalue weighted by molar-refractivity contribution is 7.47. The lowest BCUT2D eigenvalue weighted by molar-refractivity contribution is -0.360. The van der Waals surface area contributed by atoms with Gasteiger partial charge in [0.2, 0.25) is 0 Å². The predicted molar refractivity (Wildman–Crippen MR) is 449 cm³/mol. The molecule has 0 radical (unpaired) electrons. The van der Waals surface area contributed by atoms with Crippen LogP contribution in [0.4, 0.5) is 0 Å². The zero-order valence-corrected chi connectivity index (χ0v) is 73.6. The zero-order valence-electron chi connectivity index (χ0n) is 72.7. The standard InChI is InChI=1S/C90H167O25P/c1-6-10-14-18-22-25-28-31-32-35-37-39-42-49-55-61-73(92)106-66-70(109-75(94)63-57-51-44-41-38-34-30-27-24-20-16-12-8-3)67-108-116(104,105)115-88-86(113-89-83(102)79(98)77(96)71(65-91)110-89)82(101)81(100)85(112-76(95)64-58-52-46-45-48-54-60-69(5)59-53-47-21-17-13-9-4)87(88)114-90-84(103)80(99)78(97)72(111-90)68-107-74(93)62-56-50-43-40-36-33-29-26-23-19-15-11-7-2/h33,36,69-72,77-91,96-103H,6-32,34-35,37-68H2,1-5H3,(H,104,105)/b36-33-. The number of ether oxygens (including phenoxy) is 8. The number of carbonyl (C=O) groups excluding carboxylic acids is 4. The first-order chi connectivity index (χ1) is 56.1. The van der Waals surface area contributed by atoms with Gasteiger partial charge in [-0.15, -0.1) is 0 Å². The predicted octanol–water partition coefficient (Wildman–Crippen LogP) is 17.0. The van der Waals surface area contributed by atoms with Gasteiger partial charge < -0.3 is 88.7 Å². The summed E-state index contributed by atoms with van der Waals surface area (Å²) in [4.78, 5) is 66.4. The highest BCUT2D eigenvalue weighted by atomic mass is 31.2. The molecule has 19 unspecified atom stereocenters. The average Bonchev–Trinajstić information content (AvgIpc) is 0.756. The Morgan fingerprint density at radius 3 is 1.12 bits per heavy atom. The van der Waals surface area contributed by atoms with Crippen LogP contribution in [0.5, 0.6) is 0 Å². The molecule has 1 saturated carbocycles. The molecule has 19 atom stereocenters. The first-order valence-corrected chi connectivity index (χ1v) is 48.3. The van der Waals surface area contributed by atoms with Gasteiger partial charge in [0, 0.05) is 25.7 Å². The summed E-state index contributed by atoms with van der Waals surface area (Å²) in [6, 6.07) is 0. The van der Waals surface area contributed by atoms with Crippen molar-refractivity contribution in [2.24, 2.45) is 5.92 Å². The van der Waals surface area contributed by atoms with Crippen molar-refractivity contribution in [3.05, 3.63) is 12.2 Å². The molecule has 10 N–H and O–H groups in total. The fourth-order valence-corrected chi connectivity index (χ4v) is 16.6. The Morgan fingerprint density at radius 2 is 0.698 bits per heavy atom. The van der Waals surface area contributed by atoms with E-state index < -0.39 is 162 Å². The minimum Gasteiger partial charge on any atom is -0.463 e. The Labute approximate surface area is 699 Å². The van der Waals surface area contributed by atoms with E-state index in [9.17, 15) is 74.6 Å². The molecule has 26 heteroatoms. The maximum Gasteiger partial charge on any atom is 0.472 e. The largest absolute Gasteiger partial charge is 0.472 e. The van der Waals surface area contributed by atoms with Gasteiger partial charge in [-0.05, 0) is 57.3 Å². The van der Waals surface area contributed by atoms with E-state index >= 15 is 0 Å². The lowest BCUT2D eigenvalue weighted by Crippen LogP contribution is -2.70. The van der Waals surface area contributed by atoms with Crippen molar-refractivity contribution in [1.82, 2.24) is 0 Å². The number of phosphoric ester groups is 1. The van der Waals surface area contributed by atoms with E-state index in [0.29, 0.717) is 44.4 Å². The van der Waals surface area contributed by atoms with Gasteiger partial charge in [0.05, 0.1) is 13.2 Å². The van der Waals surface area contributed by atoms with Crippen molar-refractivity contribution in [3.8, 4) is 0 Å². The summed E-state index contributed by atoms with van der Waals surface area (Å²) >= 11 is 0. The number of aliphatic hydroxyl groups is 9. The van der Waals surface area contributed by atoms with Gasteiger partial charge in [0.15, 0.2) is 24.8 Å². The number of esters is 4. The second kappa shape index (κ2) is 68.6. The van der Waals surface area contributed by atoms with Gasteiger partial charge in [-0.25, -0.2) is 4.57 Å². The van der Waals surface area contributed by atoms with Crippen LogP contribution in [0.2, 0.25) is 0 Å². The monoisotopic (exact) mass is 1680 g/mol. The summed E-state index contributed by atoms with van der Waals surface area (Å²) in [6.45, 7) is 7.88. The molecule has 3 aliphatic rings. The Balaban J connectivity index is 1.93. The SMILES string of the molecule is CCCCCCCC/C=C\CCCCCC(=O)OCC1OC(OC2C(OC(=O)CCCCCCCCC(C)CCCCCCCC)C(O)C(O)C(OC3OC(CO)C(O)C(O)C3O)C2OP(=O)(O)OCC(COC(=O)CCCCCCCCCCCCCCCCC)OC(=O)CCCCCCCCCCCCCCC)C(O)C(O)C1O. The quantitative estimate of drug-likeness (QED) is 0.00889. The van der Waals surface area contributed by atoms with Gasteiger partial charge in [0.25, 0.3) is 0 Å². The fraction of sp³-hybridized carbons (Fsp3) is 0.933. The van der Waals surface area contributed by atoms with Crippen LogP contribution in [0.3, 0.4) is 0 Å². The van der Waals surface area contributed by atoms with Crippen LogP contribution in [0.25, 0.3) is 0 Å². The third-order valence-electron chi connectivity index (χ3n) is 23.2. The molecule has 0 amide bonds. The first kappa shape index (κ1) is 107. The van der Waals surface area contributed by atoms with Crippen LogP contribution in [0.1, 0.15) is 401 Å². The van der Waals surface area contributed by atoms with Crippen LogP contribution in [-0.4, -0.2) is 205 Å². The molecule has 3 fully saturated rings. The third-order valence-corrected chi connectivity index (χ3v) is 24.2. The molecule has 0 spiro atoms. The van der Waals surface area contributed by atoms with Crippen molar-refractivity contribution >= 4 is 31.7 Å². The van der Waals surface area contributed by atoms with Gasteiger partial charge in [0.1, 0.15) is 92.6 Å². The molecule has 0 aromatic carbocycles. The normalized spacial score (nSPS) is 25.4. The molecular formula is C90H167O25P. The number of hydrogen-bond acceptors (Lipinski definition) is 24. The Bertz CT molecular complexity index is 2480. The van der Waals surface area contributed by atoms with Gasteiger partial charge in [-0.3, -0.25) is 28.2 Å². The van der Waals surface area contributed by atoms with E-state index in [0.717, 1.165) is 122 Å². The molecule has 0 aromatic heterocycles. The maximum atomic E-state index is 14.9. The first-order valence-electron chi connectivity index (χ1n) is 46.8. The number of phosphoric acid groups is 1. The van der Waals surface area contributed by atoms with Crippen molar-refractivity contribution in [2.75, 3.05) is 26.4 Å². The summed E-state index contributed by atoms with van der Waals surface area (Å²) in [5.74, 6) is -2.34. The molecule has 116 heavy (non-hydrogen) atoms. The molecule has 2 saturated heterocycles. The van der Waals surface area contributed by atoms with E-state index in [1.807, 2.05) is 0 Å². The summed E-state index contributed by atoms with van der Waals surface area (Å²) in [5.41, 5.74) is 0. The summed E-state index contributed by atoms with van der Waals surface area (Å²) in [7, 11) is -5.81. The van der Waals surface area contributed by atoms with E-state index in [2.05, 4.69) is 46.8 Å². The smallest absolute Gasteiger partial charge is 0.463 e. The zero-order chi connectivity index (χ0) is 84.8. The van der Waals surface area contributed by atoms with E-state index in [1.165, 1.54) is 180 Å². The number of allylic oxidation sites excluding steroid dienone is 2. The molecule has 2 heterocycles. The van der Waals surface area contributed by atoms with Gasteiger partial charge in [-0.1, -0.05) is 336 Å². The third kappa shape index (κ3) is 48.9. The fourth-order valence-electron chi connectivity index (χ4n) is 15.6. The highest BCUT2D eigenvalue weighted by Gasteiger charge is 2.60. The van der Waals surface area contributed by atoms with E-state index in [1.54, 1.807) is 0 Å². The maximum absolute atomic E-state index is 14.9. The molecule has 25 nitrogen and oxygen atoms in total. The van der Waals surface area contributed by atoms with Gasteiger partial charge in [-0.2, -0.15) is 0 Å². The lowest BCUT2D eigenvalue weighted by atomic mass is 9.84. The Hall–Kier alpha value is -2.79. The molecule has 682 valence electrons. The van der Waals surface area contributed by atoms with E-state index in [-0.39, 0.29) is 25.7 Å². The topological polar surface area (TPSA) is 380 Å². The van der Waals surface area contributed by atoms with Crippen molar-refractivity contribution in [1.29, 1.82) is 0 Å². The second-order valence-electron chi connectivity index (χ2n) is 33.8. The highest BCUT2D eigenvalue weighted by Crippen LogP contribution is 2.49. The summed E-state index contributed by atoms with van der Waals surface area (Å²) < 4.78 is 73.4. The molecule has 3 rings (SSSR count). The van der Waals surface area contributed by atoms with Crippen LogP contribution in [-0.2, 0) is 70.7 Å². The Morgan fingerprint density at radius 1 is 0.362 bits per heavy atom. The van der Waals surface area contributed by atoms with Crippen LogP contribution in [0, 0.1) is 5.92 Å². The summed E-state index contributed by atoms with van der Waals surface area (Å²) in [5, 5.41) is 102. The number of rotatable bonds is 75. The average molecular weight is 1680 g/mol. The van der Waals surface area contributed by atoms with Crippen molar-refractivity contribution in [3.63, 3.8) is 0 Å². The van der Waals surface area contributed by atoms with Crippen molar-refractivity contribution < 1.29 is 122 Å². The molecule has 0 bridgehead atoms. The number of carbonyl (C=O) groups is 4. The number of unbranched alkanes of at least 4 members (excludes halogenated alkanes) is 45. The number of hydrogen-bond donors (Lipinski definition) is 10. The van der Waals surface area contributed by atoms with Crippen LogP contribution in [0.15, 0.2) is 12.2 Å². The van der Waals surface area contributed by atoms with Crippen molar-refractivity contribution in [2.45, 2.75) is 505 Å². The van der Waals surface area contributed by atoms with Crippen LogP contribution < -0.4 is 0 Å². The summed E-state index contributed by atoms with van der Waals surface area (Å²) in [6.07, 6.45) is 25.1. The molecule has 2 aliphatic heterocycles. The minimum atomic E-state index is -5.81.